The van der Waals surface area contributed by atoms with E-state index in [0.717, 1.165) is 38.0 Å². The van der Waals surface area contributed by atoms with E-state index in [-0.39, 0.29) is 11.8 Å². The summed E-state index contributed by atoms with van der Waals surface area (Å²) < 4.78 is 0. The van der Waals surface area contributed by atoms with Gasteiger partial charge in [-0.05, 0) is 56.6 Å². The Bertz CT molecular complexity index is 480. The zero-order valence-corrected chi connectivity index (χ0v) is 14.5. The average Bonchev–Trinajstić information content (AvgIpc) is 2.53. The van der Waals surface area contributed by atoms with Crippen molar-refractivity contribution in [2.24, 2.45) is 0 Å². The Balaban J connectivity index is 2.53. The Morgan fingerprint density at radius 2 is 1.57 bits per heavy atom. The quantitative estimate of drug-likeness (QED) is 0.697. The van der Waals surface area contributed by atoms with Crippen molar-refractivity contribution in [2.45, 2.75) is 40.0 Å². The third kappa shape index (κ3) is 7.28. The second-order valence-electron chi connectivity index (χ2n) is 5.66. The van der Waals surface area contributed by atoms with Crippen LogP contribution in [-0.2, 0) is 4.79 Å². The standard InChI is InChI=1S/C18H29N3O2/c1-4-11-19-18(23)15-7-9-16(10-8-15)20-17(22)14-21(12-5-2)13-6-3/h7-10H,4-6,11-14H2,1-3H3,(H,19,23)(H,20,22). The first-order valence-electron chi connectivity index (χ1n) is 8.51. The van der Waals surface area contributed by atoms with Gasteiger partial charge in [0.2, 0.25) is 5.91 Å². The molecular formula is C18H29N3O2. The van der Waals surface area contributed by atoms with Crippen molar-refractivity contribution in [1.82, 2.24) is 10.2 Å². The van der Waals surface area contributed by atoms with Crippen LogP contribution in [-0.4, -0.2) is 42.9 Å². The van der Waals surface area contributed by atoms with Crippen LogP contribution in [0.2, 0.25) is 0 Å². The fourth-order valence-electron chi connectivity index (χ4n) is 2.35. The Hall–Kier alpha value is -1.88. The smallest absolute Gasteiger partial charge is 0.251 e. The summed E-state index contributed by atoms with van der Waals surface area (Å²) in [5.74, 6) is -0.100. The van der Waals surface area contributed by atoms with Crippen LogP contribution in [0.4, 0.5) is 5.69 Å². The summed E-state index contributed by atoms with van der Waals surface area (Å²) >= 11 is 0. The minimum atomic E-state index is -0.0817. The lowest BCUT2D eigenvalue weighted by molar-refractivity contribution is -0.117. The molecule has 0 fully saturated rings. The summed E-state index contributed by atoms with van der Waals surface area (Å²) in [6, 6.07) is 7.00. The molecule has 0 atom stereocenters. The van der Waals surface area contributed by atoms with Crippen molar-refractivity contribution in [3.8, 4) is 0 Å². The number of rotatable bonds is 10. The number of nitrogens with one attached hydrogen (secondary N) is 2. The summed E-state index contributed by atoms with van der Waals surface area (Å²) in [6.45, 7) is 9.17. The summed E-state index contributed by atoms with van der Waals surface area (Å²) in [5, 5.41) is 5.72. The van der Waals surface area contributed by atoms with Crippen LogP contribution in [0.3, 0.4) is 0 Å². The summed E-state index contributed by atoms with van der Waals surface area (Å²) in [6.07, 6.45) is 2.98. The highest BCUT2D eigenvalue weighted by Gasteiger charge is 2.10. The van der Waals surface area contributed by atoms with Gasteiger partial charge in [0.05, 0.1) is 6.54 Å². The molecule has 0 bridgehead atoms. The van der Waals surface area contributed by atoms with Crippen LogP contribution in [0.5, 0.6) is 0 Å². The second-order valence-corrected chi connectivity index (χ2v) is 5.66. The minimum absolute atomic E-state index is 0.0184. The molecule has 0 saturated carbocycles. The van der Waals surface area contributed by atoms with E-state index in [9.17, 15) is 9.59 Å². The van der Waals surface area contributed by atoms with Crippen LogP contribution < -0.4 is 10.6 Å². The molecule has 23 heavy (non-hydrogen) atoms. The summed E-state index contributed by atoms with van der Waals surface area (Å²) in [4.78, 5) is 26.1. The highest BCUT2D eigenvalue weighted by atomic mass is 16.2. The van der Waals surface area contributed by atoms with E-state index in [2.05, 4.69) is 29.4 Å². The van der Waals surface area contributed by atoms with E-state index in [0.29, 0.717) is 18.7 Å². The van der Waals surface area contributed by atoms with Crippen LogP contribution in [0.1, 0.15) is 50.4 Å². The summed E-state index contributed by atoms with van der Waals surface area (Å²) in [5.41, 5.74) is 1.32. The Labute approximate surface area is 139 Å². The maximum Gasteiger partial charge on any atom is 0.251 e. The number of benzene rings is 1. The second kappa shape index (κ2) is 10.8. The molecule has 0 saturated heterocycles. The van der Waals surface area contributed by atoms with Crippen molar-refractivity contribution in [3.63, 3.8) is 0 Å². The van der Waals surface area contributed by atoms with E-state index in [1.54, 1.807) is 24.3 Å². The number of hydrogen-bond acceptors (Lipinski definition) is 3. The van der Waals surface area contributed by atoms with Gasteiger partial charge < -0.3 is 10.6 Å². The highest BCUT2D eigenvalue weighted by Crippen LogP contribution is 2.10. The number of nitrogens with zero attached hydrogens (tertiary/aromatic N) is 1. The van der Waals surface area contributed by atoms with Crippen molar-refractivity contribution in [1.29, 1.82) is 0 Å². The molecule has 0 aliphatic carbocycles. The van der Waals surface area contributed by atoms with Crippen LogP contribution >= 0.6 is 0 Å². The van der Waals surface area contributed by atoms with E-state index < -0.39 is 0 Å². The van der Waals surface area contributed by atoms with Gasteiger partial charge in [0.15, 0.2) is 0 Å². The molecular weight excluding hydrogens is 290 g/mol. The molecule has 0 radical (unpaired) electrons. The SMILES string of the molecule is CCCNC(=O)c1ccc(NC(=O)CN(CCC)CCC)cc1. The molecule has 0 spiro atoms. The first kappa shape index (κ1) is 19.2. The number of amides is 2. The number of anilines is 1. The molecule has 5 nitrogen and oxygen atoms in total. The Kier molecular flexibility index (Phi) is 8.98. The van der Waals surface area contributed by atoms with E-state index in [4.69, 9.17) is 0 Å². The molecule has 0 unspecified atom stereocenters. The molecule has 0 aromatic heterocycles. The molecule has 2 amide bonds. The largest absolute Gasteiger partial charge is 0.352 e. The van der Waals surface area contributed by atoms with Crippen molar-refractivity contribution in [2.75, 3.05) is 31.5 Å². The van der Waals surface area contributed by atoms with Gasteiger partial charge in [-0.15, -0.1) is 0 Å². The van der Waals surface area contributed by atoms with Crippen molar-refractivity contribution < 1.29 is 9.59 Å². The molecule has 0 heterocycles. The Morgan fingerprint density at radius 3 is 2.09 bits per heavy atom. The lowest BCUT2D eigenvalue weighted by atomic mass is 10.2. The Morgan fingerprint density at radius 1 is 0.957 bits per heavy atom. The van der Waals surface area contributed by atoms with Gasteiger partial charge in [0.25, 0.3) is 5.91 Å². The van der Waals surface area contributed by atoms with Crippen LogP contribution in [0.25, 0.3) is 0 Å². The van der Waals surface area contributed by atoms with Gasteiger partial charge in [0.1, 0.15) is 0 Å². The first-order chi connectivity index (χ1) is 11.1. The maximum atomic E-state index is 12.1. The van der Waals surface area contributed by atoms with Gasteiger partial charge >= 0.3 is 0 Å². The number of carbonyl (C=O) groups is 2. The molecule has 0 aliphatic rings. The van der Waals surface area contributed by atoms with Crippen molar-refractivity contribution in [3.05, 3.63) is 29.8 Å². The normalized spacial score (nSPS) is 10.6. The topological polar surface area (TPSA) is 61.4 Å². The van der Waals surface area contributed by atoms with E-state index >= 15 is 0 Å². The number of hydrogen-bond donors (Lipinski definition) is 2. The van der Waals surface area contributed by atoms with Gasteiger partial charge in [-0.1, -0.05) is 20.8 Å². The van der Waals surface area contributed by atoms with Gasteiger partial charge in [-0.3, -0.25) is 14.5 Å². The van der Waals surface area contributed by atoms with E-state index in [1.165, 1.54) is 0 Å². The van der Waals surface area contributed by atoms with Gasteiger partial charge in [-0.25, -0.2) is 0 Å². The molecule has 1 rings (SSSR count). The fraction of sp³-hybridized carbons (Fsp3) is 0.556. The molecule has 5 heteroatoms. The zero-order valence-electron chi connectivity index (χ0n) is 14.5. The molecule has 128 valence electrons. The highest BCUT2D eigenvalue weighted by molar-refractivity contribution is 5.96. The number of carbonyl (C=O) groups excluding carboxylic acids is 2. The third-order valence-electron chi connectivity index (χ3n) is 3.41. The lowest BCUT2D eigenvalue weighted by Crippen LogP contribution is -2.34. The van der Waals surface area contributed by atoms with Gasteiger partial charge in [-0.2, -0.15) is 0 Å². The summed E-state index contributed by atoms with van der Waals surface area (Å²) in [7, 11) is 0. The lowest BCUT2D eigenvalue weighted by Gasteiger charge is -2.20. The van der Waals surface area contributed by atoms with Crippen LogP contribution in [0.15, 0.2) is 24.3 Å². The zero-order chi connectivity index (χ0) is 17.1. The first-order valence-corrected chi connectivity index (χ1v) is 8.51. The minimum Gasteiger partial charge on any atom is -0.352 e. The predicted molar refractivity (Wildman–Crippen MR) is 94.7 cm³/mol. The predicted octanol–water partition coefficient (Wildman–Crippen LogP) is 2.89. The molecule has 1 aromatic rings. The molecule has 0 aliphatic heterocycles. The molecule has 1 aromatic carbocycles. The van der Waals surface area contributed by atoms with E-state index in [1.807, 2.05) is 6.92 Å². The monoisotopic (exact) mass is 319 g/mol. The maximum absolute atomic E-state index is 12.1. The molecule has 2 N–H and O–H groups in total. The fourth-order valence-corrected chi connectivity index (χ4v) is 2.35. The third-order valence-corrected chi connectivity index (χ3v) is 3.41. The average molecular weight is 319 g/mol. The van der Waals surface area contributed by atoms with Crippen molar-refractivity contribution >= 4 is 17.5 Å². The van der Waals surface area contributed by atoms with Crippen LogP contribution in [0, 0.1) is 0 Å². The van der Waals surface area contributed by atoms with Gasteiger partial charge in [0, 0.05) is 17.8 Å².